The standard InChI is InChI=1S/C14H20ClNO2/c1-11(17)12-4-5-14(13(15)10-12)18-9-8-16-6-2-3-7-16/h4-5,10-11,17H,2-3,6-9H2,1H3/t11-/m0/s1. The molecule has 0 aromatic heterocycles. The molecule has 2 rings (SSSR count). The number of ether oxygens (including phenoxy) is 1. The summed E-state index contributed by atoms with van der Waals surface area (Å²) in [5.41, 5.74) is 0.812. The molecule has 4 heteroatoms. The number of halogens is 1. The average molecular weight is 270 g/mol. The van der Waals surface area contributed by atoms with Gasteiger partial charge in [0.25, 0.3) is 0 Å². The van der Waals surface area contributed by atoms with Gasteiger partial charge in [-0.2, -0.15) is 0 Å². The molecule has 1 N–H and O–H groups in total. The average Bonchev–Trinajstić information content (AvgIpc) is 2.84. The number of hydrogen-bond donors (Lipinski definition) is 1. The highest BCUT2D eigenvalue weighted by Gasteiger charge is 2.11. The molecule has 1 fully saturated rings. The molecule has 100 valence electrons. The van der Waals surface area contributed by atoms with Crippen molar-refractivity contribution in [1.82, 2.24) is 4.90 Å². The summed E-state index contributed by atoms with van der Waals surface area (Å²) in [7, 11) is 0. The van der Waals surface area contributed by atoms with E-state index in [0.717, 1.165) is 12.1 Å². The number of likely N-dealkylation sites (tertiary alicyclic amines) is 1. The van der Waals surface area contributed by atoms with Gasteiger partial charge >= 0.3 is 0 Å². The van der Waals surface area contributed by atoms with Crippen LogP contribution in [0.15, 0.2) is 18.2 Å². The van der Waals surface area contributed by atoms with Crippen LogP contribution in [0.1, 0.15) is 31.4 Å². The van der Waals surface area contributed by atoms with E-state index in [2.05, 4.69) is 4.90 Å². The molecular weight excluding hydrogens is 250 g/mol. The summed E-state index contributed by atoms with van der Waals surface area (Å²) in [5, 5.41) is 10.0. The third-order valence-electron chi connectivity index (χ3n) is 3.30. The second-order valence-electron chi connectivity index (χ2n) is 4.76. The van der Waals surface area contributed by atoms with Gasteiger partial charge in [0.15, 0.2) is 0 Å². The fourth-order valence-electron chi connectivity index (χ4n) is 2.18. The minimum atomic E-state index is -0.499. The van der Waals surface area contributed by atoms with Crippen molar-refractivity contribution >= 4 is 11.6 Å². The van der Waals surface area contributed by atoms with Crippen molar-refractivity contribution < 1.29 is 9.84 Å². The van der Waals surface area contributed by atoms with Gasteiger partial charge in [0.05, 0.1) is 11.1 Å². The molecular formula is C14H20ClNO2. The van der Waals surface area contributed by atoms with Crippen LogP contribution in [0.3, 0.4) is 0 Å². The smallest absolute Gasteiger partial charge is 0.137 e. The highest BCUT2D eigenvalue weighted by Crippen LogP contribution is 2.27. The molecule has 0 radical (unpaired) electrons. The maximum atomic E-state index is 9.45. The zero-order chi connectivity index (χ0) is 13.0. The minimum Gasteiger partial charge on any atom is -0.491 e. The number of rotatable bonds is 5. The van der Waals surface area contributed by atoms with Crippen LogP contribution in [0.4, 0.5) is 0 Å². The lowest BCUT2D eigenvalue weighted by molar-refractivity contribution is 0.199. The number of benzene rings is 1. The highest BCUT2D eigenvalue weighted by molar-refractivity contribution is 6.32. The Labute approximate surface area is 113 Å². The van der Waals surface area contributed by atoms with E-state index in [4.69, 9.17) is 16.3 Å². The molecule has 0 bridgehead atoms. The second-order valence-corrected chi connectivity index (χ2v) is 5.17. The molecule has 0 saturated carbocycles. The Morgan fingerprint density at radius 1 is 1.39 bits per heavy atom. The maximum Gasteiger partial charge on any atom is 0.137 e. The molecule has 1 aliphatic heterocycles. The lowest BCUT2D eigenvalue weighted by Crippen LogP contribution is -2.25. The number of aliphatic hydroxyl groups excluding tert-OH is 1. The van der Waals surface area contributed by atoms with Gasteiger partial charge in [0.1, 0.15) is 12.4 Å². The van der Waals surface area contributed by atoms with Crippen LogP contribution in [0, 0.1) is 0 Å². The van der Waals surface area contributed by atoms with Gasteiger partial charge in [-0.25, -0.2) is 0 Å². The Hall–Kier alpha value is -0.770. The fraction of sp³-hybridized carbons (Fsp3) is 0.571. The van der Waals surface area contributed by atoms with Crippen molar-refractivity contribution in [3.05, 3.63) is 28.8 Å². The van der Waals surface area contributed by atoms with E-state index >= 15 is 0 Å². The van der Waals surface area contributed by atoms with E-state index in [1.54, 1.807) is 13.0 Å². The van der Waals surface area contributed by atoms with Gasteiger partial charge < -0.3 is 9.84 Å². The summed E-state index contributed by atoms with van der Waals surface area (Å²) < 4.78 is 5.68. The first-order valence-electron chi connectivity index (χ1n) is 6.49. The van der Waals surface area contributed by atoms with Crippen molar-refractivity contribution in [3.63, 3.8) is 0 Å². The molecule has 3 nitrogen and oxygen atoms in total. The first-order valence-corrected chi connectivity index (χ1v) is 6.87. The molecule has 1 aromatic carbocycles. The topological polar surface area (TPSA) is 32.7 Å². The number of hydrogen-bond acceptors (Lipinski definition) is 3. The third kappa shape index (κ3) is 3.61. The van der Waals surface area contributed by atoms with Gasteiger partial charge in [-0.05, 0) is 50.6 Å². The Balaban J connectivity index is 1.85. The molecule has 1 aliphatic rings. The summed E-state index contributed by atoms with van der Waals surface area (Å²) in [6.07, 6.45) is 2.09. The van der Waals surface area contributed by atoms with Gasteiger partial charge in [0, 0.05) is 6.54 Å². The van der Waals surface area contributed by atoms with Crippen LogP contribution in [0.25, 0.3) is 0 Å². The molecule has 0 spiro atoms. The minimum absolute atomic E-state index is 0.499. The highest BCUT2D eigenvalue weighted by atomic mass is 35.5. The normalized spacial score (nSPS) is 17.9. The third-order valence-corrected chi connectivity index (χ3v) is 3.60. The Morgan fingerprint density at radius 2 is 2.11 bits per heavy atom. The number of aliphatic hydroxyl groups is 1. The van der Waals surface area contributed by atoms with Crippen LogP contribution < -0.4 is 4.74 Å². The maximum absolute atomic E-state index is 9.45. The molecule has 0 aliphatic carbocycles. The molecule has 0 amide bonds. The van der Waals surface area contributed by atoms with Gasteiger partial charge in [-0.15, -0.1) is 0 Å². The molecule has 1 atom stereocenters. The van der Waals surface area contributed by atoms with Crippen LogP contribution in [0.2, 0.25) is 5.02 Å². The summed E-state index contributed by atoms with van der Waals surface area (Å²) in [4.78, 5) is 2.40. The Bertz CT molecular complexity index is 389. The van der Waals surface area contributed by atoms with Gasteiger partial charge in [-0.3, -0.25) is 4.90 Å². The Kier molecular flexibility index (Phi) is 4.87. The van der Waals surface area contributed by atoms with E-state index in [-0.39, 0.29) is 0 Å². The predicted octanol–water partition coefficient (Wildman–Crippen LogP) is 2.87. The fourth-order valence-corrected chi connectivity index (χ4v) is 2.43. The van der Waals surface area contributed by atoms with Gasteiger partial charge in [0.2, 0.25) is 0 Å². The van der Waals surface area contributed by atoms with Crippen LogP contribution in [0.5, 0.6) is 5.75 Å². The number of nitrogens with zero attached hydrogens (tertiary/aromatic N) is 1. The zero-order valence-electron chi connectivity index (χ0n) is 10.7. The molecule has 1 aromatic rings. The monoisotopic (exact) mass is 269 g/mol. The second kappa shape index (κ2) is 6.41. The quantitative estimate of drug-likeness (QED) is 0.892. The van der Waals surface area contributed by atoms with Crippen LogP contribution in [-0.4, -0.2) is 36.2 Å². The summed E-state index contributed by atoms with van der Waals surface area (Å²) in [6, 6.07) is 5.44. The predicted molar refractivity (Wildman–Crippen MR) is 73.3 cm³/mol. The summed E-state index contributed by atoms with van der Waals surface area (Å²) in [5.74, 6) is 0.695. The van der Waals surface area contributed by atoms with E-state index in [1.807, 2.05) is 12.1 Å². The van der Waals surface area contributed by atoms with E-state index in [1.165, 1.54) is 25.9 Å². The largest absolute Gasteiger partial charge is 0.491 e. The lowest BCUT2D eigenvalue weighted by atomic mass is 10.1. The van der Waals surface area contributed by atoms with Crippen LogP contribution >= 0.6 is 11.6 Å². The van der Waals surface area contributed by atoms with Crippen molar-refractivity contribution in [2.75, 3.05) is 26.2 Å². The molecule has 1 saturated heterocycles. The molecule has 0 unspecified atom stereocenters. The molecule has 1 heterocycles. The zero-order valence-corrected chi connectivity index (χ0v) is 11.5. The lowest BCUT2D eigenvalue weighted by Gasteiger charge is -2.16. The van der Waals surface area contributed by atoms with Gasteiger partial charge in [-0.1, -0.05) is 17.7 Å². The van der Waals surface area contributed by atoms with Crippen LogP contribution in [-0.2, 0) is 0 Å². The summed E-state index contributed by atoms with van der Waals surface area (Å²) >= 11 is 6.12. The van der Waals surface area contributed by atoms with Crippen molar-refractivity contribution in [2.45, 2.75) is 25.9 Å². The SMILES string of the molecule is C[C@H](O)c1ccc(OCCN2CCCC2)c(Cl)c1. The van der Waals surface area contributed by atoms with Crippen molar-refractivity contribution in [3.8, 4) is 5.75 Å². The van der Waals surface area contributed by atoms with Crippen molar-refractivity contribution in [1.29, 1.82) is 0 Å². The van der Waals surface area contributed by atoms with E-state index < -0.39 is 6.10 Å². The van der Waals surface area contributed by atoms with E-state index in [9.17, 15) is 5.11 Å². The van der Waals surface area contributed by atoms with Crippen molar-refractivity contribution in [2.24, 2.45) is 0 Å². The summed E-state index contributed by atoms with van der Waals surface area (Å²) in [6.45, 7) is 5.69. The Morgan fingerprint density at radius 3 is 2.72 bits per heavy atom. The first-order chi connectivity index (χ1) is 8.66. The molecule has 18 heavy (non-hydrogen) atoms. The first kappa shape index (κ1) is 13.7. The van der Waals surface area contributed by atoms with E-state index in [0.29, 0.717) is 17.4 Å².